The minimum Gasteiger partial charge on any atom is -0.480 e. The number of hydrogen-bond donors (Lipinski definition) is 3. The maximum absolute atomic E-state index is 15.6. The molecule has 0 aliphatic carbocycles. The molecule has 0 fully saturated rings. The Hall–Kier alpha value is -4.26. The SMILES string of the molecule is CCNC(=O)Nc1nc2c(F)c(-c3cnc(N(C)CC(=O)O)nc3)cc(-c3ncccc3F)c2s1. The number of aromatic nitrogens is 4. The summed E-state index contributed by atoms with van der Waals surface area (Å²) in [4.78, 5) is 40.8. The van der Waals surface area contributed by atoms with E-state index >= 15 is 4.39 Å². The fourth-order valence-corrected chi connectivity index (χ4v) is 4.28. The summed E-state index contributed by atoms with van der Waals surface area (Å²) in [5.74, 6) is -2.25. The van der Waals surface area contributed by atoms with Crippen molar-refractivity contribution in [3.63, 3.8) is 0 Å². The molecule has 10 nitrogen and oxygen atoms in total. The molecule has 4 rings (SSSR count). The molecule has 0 saturated carbocycles. The van der Waals surface area contributed by atoms with E-state index in [9.17, 15) is 14.0 Å². The number of likely N-dealkylation sites (N-methyl/N-ethyl adjacent to an activating group) is 1. The van der Waals surface area contributed by atoms with E-state index in [4.69, 9.17) is 5.11 Å². The van der Waals surface area contributed by atoms with Crippen LogP contribution in [0.3, 0.4) is 0 Å². The summed E-state index contributed by atoms with van der Waals surface area (Å²) in [5.41, 5.74) is 0.501. The van der Waals surface area contributed by atoms with Gasteiger partial charge in [-0.05, 0) is 25.1 Å². The quantitative estimate of drug-likeness (QED) is 0.350. The van der Waals surface area contributed by atoms with Gasteiger partial charge in [-0.2, -0.15) is 0 Å². The van der Waals surface area contributed by atoms with Crippen LogP contribution in [0.1, 0.15) is 6.92 Å². The zero-order valence-corrected chi connectivity index (χ0v) is 19.4. The number of aliphatic carboxylic acids is 1. The third-order valence-electron chi connectivity index (χ3n) is 4.84. The number of rotatable bonds is 7. The standard InChI is InChI=1S/C22H19F2N7O3S/c1-3-25-21(34)30-22-29-18-16(24)12(11-8-27-20(28-9-11)31(2)10-15(32)33)7-13(19(18)35-22)17-14(23)5-4-6-26-17/h4-9H,3,10H2,1-2H3,(H,32,33)(H2,25,29,30,34). The Kier molecular flexibility index (Phi) is 6.78. The molecule has 4 aromatic rings. The van der Waals surface area contributed by atoms with Gasteiger partial charge in [-0.15, -0.1) is 0 Å². The normalized spacial score (nSPS) is 10.9. The molecular formula is C22H19F2N7O3S. The number of benzene rings is 1. The van der Waals surface area contributed by atoms with Crippen molar-refractivity contribution < 1.29 is 23.5 Å². The minimum absolute atomic E-state index is 0.00862. The number of carbonyl (C=O) groups is 2. The summed E-state index contributed by atoms with van der Waals surface area (Å²) >= 11 is 0.988. The molecule has 0 unspecified atom stereocenters. The summed E-state index contributed by atoms with van der Waals surface area (Å²) in [6, 6.07) is 3.60. The molecule has 0 atom stereocenters. The van der Waals surface area contributed by atoms with Gasteiger partial charge < -0.3 is 15.3 Å². The van der Waals surface area contributed by atoms with Gasteiger partial charge in [0.2, 0.25) is 5.95 Å². The summed E-state index contributed by atoms with van der Waals surface area (Å²) in [6.45, 7) is 1.82. The highest BCUT2D eigenvalue weighted by Crippen LogP contribution is 2.40. The predicted molar refractivity (Wildman–Crippen MR) is 127 cm³/mol. The first-order valence-corrected chi connectivity index (χ1v) is 11.1. The van der Waals surface area contributed by atoms with Crippen LogP contribution in [-0.4, -0.2) is 57.2 Å². The number of urea groups is 1. The molecule has 3 heterocycles. The van der Waals surface area contributed by atoms with Gasteiger partial charge >= 0.3 is 12.0 Å². The van der Waals surface area contributed by atoms with Gasteiger partial charge in [0.1, 0.15) is 23.6 Å². The van der Waals surface area contributed by atoms with Gasteiger partial charge in [-0.3, -0.25) is 15.1 Å². The summed E-state index contributed by atoms with van der Waals surface area (Å²) in [5, 5.41) is 14.2. The summed E-state index contributed by atoms with van der Waals surface area (Å²) in [6.07, 6.45) is 4.09. The van der Waals surface area contributed by atoms with Crippen molar-refractivity contribution in [2.45, 2.75) is 6.92 Å². The molecule has 0 aliphatic rings. The molecule has 3 aromatic heterocycles. The highest BCUT2D eigenvalue weighted by molar-refractivity contribution is 7.22. The van der Waals surface area contributed by atoms with Gasteiger partial charge in [0.15, 0.2) is 10.9 Å². The van der Waals surface area contributed by atoms with Crippen molar-refractivity contribution in [2.75, 3.05) is 30.4 Å². The van der Waals surface area contributed by atoms with E-state index in [1.807, 2.05) is 0 Å². The van der Waals surface area contributed by atoms with Gasteiger partial charge in [0.25, 0.3) is 0 Å². The van der Waals surface area contributed by atoms with Crippen LogP contribution < -0.4 is 15.5 Å². The first kappa shape index (κ1) is 23.9. The fraction of sp³-hybridized carbons (Fsp3) is 0.182. The van der Waals surface area contributed by atoms with Crippen molar-refractivity contribution in [2.24, 2.45) is 0 Å². The number of fused-ring (bicyclic) bond motifs is 1. The molecule has 13 heteroatoms. The average Bonchev–Trinajstić information content (AvgIpc) is 3.24. The van der Waals surface area contributed by atoms with Crippen LogP contribution in [0, 0.1) is 11.6 Å². The number of anilines is 2. The number of halogens is 2. The molecule has 0 aliphatic heterocycles. The third kappa shape index (κ3) is 4.99. The number of carbonyl (C=O) groups excluding carboxylic acids is 1. The Morgan fingerprint density at radius 1 is 1.17 bits per heavy atom. The molecule has 0 radical (unpaired) electrons. The molecule has 1 aromatic carbocycles. The number of thiazole rings is 1. The largest absolute Gasteiger partial charge is 0.480 e. The summed E-state index contributed by atoms with van der Waals surface area (Å²) < 4.78 is 30.6. The maximum Gasteiger partial charge on any atom is 0.323 e. The monoisotopic (exact) mass is 499 g/mol. The topological polar surface area (TPSA) is 133 Å². The third-order valence-corrected chi connectivity index (χ3v) is 5.84. The smallest absolute Gasteiger partial charge is 0.323 e. The molecule has 2 amide bonds. The first-order chi connectivity index (χ1) is 16.8. The highest BCUT2D eigenvalue weighted by atomic mass is 32.1. The van der Waals surface area contributed by atoms with Crippen molar-refractivity contribution in [1.82, 2.24) is 25.3 Å². The van der Waals surface area contributed by atoms with E-state index in [2.05, 4.69) is 30.6 Å². The van der Waals surface area contributed by atoms with Crippen LogP contribution in [0.5, 0.6) is 0 Å². The van der Waals surface area contributed by atoms with Gasteiger partial charge in [0, 0.05) is 48.9 Å². The maximum atomic E-state index is 15.6. The van der Waals surface area contributed by atoms with Crippen LogP contribution in [0.4, 0.5) is 24.7 Å². The van der Waals surface area contributed by atoms with Gasteiger partial charge in [-0.1, -0.05) is 11.3 Å². The number of hydrogen-bond acceptors (Lipinski definition) is 8. The van der Waals surface area contributed by atoms with E-state index < -0.39 is 23.6 Å². The Morgan fingerprint density at radius 2 is 1.91 bits per heavy atom. The number of amides is 2. The van der Waals surface area contributed by atoms with E-state index in [0.29, 0.717) is 11.2 Å². The molecule has 3 N–H and O–H groups in total. The van der Waals surface area contributed by atoms with E-state index in [-0.39, 0.29) is 45.5 Å². The summed E-state index contributed by atoms with van der Waals surface area (Å²) in [7, 11) is 1.51. The molecular weight excluding hydrogens is 480 g/mol. The van der Waals surface area contributed by atoms with Crippen molar-refractivity contribution in [1.29, 1.82) is 0 Å². The Bertz CT molecular complexity index is 1410. The van der Waals surface area contributed by atoms with E-state index in [0.717, 1.165) is 11.3 Å². The van der Waals surface area contributed by atoms with Crippen LogP contribution >= 0.6 is 11.3 Å². The Morgan fingerprint density at radius 3 is 2.57 bits per heavy atom. The highest BCUT2D eigenvalue weighted by Gasteiger charge is 2.22. The lowest BCUT2D eigenvalue weighted by Crippen LogP contribution is -2.28. The predicted octanol–water partition coefficient (Wildman–Crippen LogP) is 3.76. The van der Waals surface area contributed by atoms with Crippen LogP contribution in [0.2, 0.25) is 0 Å². The number of pyridine rings is 1. The molecule has 180 valence electrons. The number of carboxylic acid groups (broad SMARTS) is 1. The molecule has 0 bridgehead atoms. The van der Waals surface area contributed by atoms with Crippen LogP contribution in [0.15, 0.2) is 36.8 Å². The second-order valence-corrected chi connectivity index (χ2v) is 8.32. The second kappa shape index (κ2) is 9.93. The first-order valence-electron chi connectivity index (χ1n) is 10.3. The second-order valence-electron chi connectivity index (χ2n) is 7.32. The lowest BCUT2D eigenvalue weighted by Gasteiger charge is -2.14. The fourth-order valence-electron chi connectivity index (χ4n) is 3.31. The number of nitrogens with zero attached hydrogens (tertiary/aromatic N) is 5. The Balaban J connectivity index is 1.85. The van der Waals surface area contributed by atoms with Gasteiger partial charge in [-0.25, -0.2) is 28.5 Å². The lowest BCUT2D eigenvalue weighted by atomic mass is 10.0. The molecule has 0 spiro atoms. The van der Waals surface area contributed by atoms with Crippen molar-refractivity contribution in [3.8, 4) is 22.4 Å². The lowest BCUT2D eigenvalue weighted by molar-refractivity contribution is -0.135. The van der Waals surface area contributed by atoms with Gasteiger partial charge in [0.05, 0.1) is 4.70 Å². The van der Waals surface area contributed by atoms with Crippen LogP contribution in [0.25, 0.3) is 32.6 Å². The molecule has 35 heavy (non-hydrogen) atoms. The average molecular weight is 500 g/mol. The zero-order valence-electron chi connectivity index (χ0n) is 18.5. The zero-order chi connectivity index (χ0) is 25.1. The number of nitrogens with one attached hydrogen (secondary N) is 2. The molecule has 0 saturated heterocycles. The Labute approximate surface area is 201 Å². The number of carboxylic acids is 1. The van der Waals surface area contributed by atoms with E-state index in [1.54, 1.807) is 6.92 Å². The van der Waals surface area contributed by atoms with E-state index in [1.165, 1.54) is 48.7 Å². The van der Waals surface area contributed by atoms with Crippen molar-refractivity contribution >= 4 is 44.6 Å². The minimum atomic E-state index is -1.06. The van der Waals surface area contributed by atoms with Crippen molar-refractivity contribution in [3.05, 3.63) is 48.4 Å². The van der Waals surface area contributed by atoms with Crippen LogP contribution in [-0.2, 0) is 4.79 Å².